The molecule has 0 saturated heterocycles. The molecule has 8 aliphatic heterocycles. The standard InChI is InChI=1S/C12H20N2O3.C11H18N2O3.C10H16BN2O2.C10H13N3O.C9H16N2O.C9H14N2O.C6H9BNO2.C6H7BNO2.C5H10O.8W/c1-5-8-17-14(3)10-6-7-11(12(15)16-4)13(2)9-10;1-4-7-16-13(2)9-5-6-10(12-8-9)11(14)15-3;1-3-7-15-12(2)10-5-4-6-13(8-10)11-9-14;1-3-6-14-13(2)10-5-4-9(7-11)12-8-10;2*1-3-7-12-11(2)9-5-4-6-10-8-9;2*9-5-7-8-3-1-2-6(10)4-8;1-3-5-6-4-2;;;;;;;;/h5-7,10-11H,1,8-9H2,2-4H3;4-6,9-10,12H,1,7-8H2,2-3H3;3-5,9-10H,1,6-8H2,2H3;3-5,10H,1,6,8H2,2H3;3-5,9-10H,1,6-8H2,2H3;3-6,9H,1,7-8H2,2H3;1-2,5-6,10H,3-4H2;1-2,5H,3-4H2;3H,1,4-5H2,2H3;;;;;;;;. The van der Waals surface area contributed by atoms with Crippen molar-refractivity contribution in [2.45, 2.75) is 61.4 Å². The summed E-state index contributed by atoms with van der Waals surface area (Å²) >= 11 is 0. The van der Waals surface area contributed by atoms with Gasteiger partial charge in [0.15, 0.2) is 5.78 Å². The first-order chi connectivity index (χ1) is 54.1. The zero-order valence-corrected chi connectivity index (χ0v) is 94.2. The monoisotopic (exact) mass is 3030 g/mol. The van der Waals surface area contributed by atoms with Gasteiger partial charge in [-0.2, -0.15) is 35.6 Å². The molecule has 31 nitrogen and oxygen atoms in total. The zero-order chi connectivity index (χ0) is 83.5. The maximum Gasteiger partial charge on any atom is 0.327 e. The van der Waals surface area contributed by atoms with E-state index in [-0.39, 0.29) is 229 Å². The number of carbonyl (C=O) groups excluding carboxylic acids is 6. The van der Waals surface area contributed by atoms with E-state index in [4.69, 9.17) is 48.9 Å². The second-order valence-corrected chi connectivity index (χ2v) is 24.4. The fourth-order valence-electron chi connectivity index (χ4n) is 9.75. The SMILES string of the molecule is C=CCOCC.C=CCON(C)C1C=CC(C#N)=NC1.C=CCON(C)C1C=CC(C(=O)OC)N(C)C1.C=CCON(C)C1C=CC(C(=O)OC)NC1.C=CCON(C)C1C=CC=NC1.C=CCON(C)C1C=CCN([B]C=O)C1.C=CCON(C)C1C=CCNC1.O=C[B]N1CC=CC(=O)C1.O=C[B]N1CC=CC(O)C1.[W].[W].[W].[W].[W].[W].[W].[W]. The van der Waals surface area contributed by atoms with Gasteiger partial charge in [-0.15, -0.1) is 46.1 Å². The van der Waals surface area contributed by atoms with Crippen molar-refractivity contribution in [3.05, 3.63) is 186 Å². The van der Waals surface area contributed by atoms with Gasteiger partial charge in [-0.05, 0) is 32.2 Å². The van der Waals surface area contributed by atoms with Crippen molar-refractivity contribution in [3.63, 3.8) is 0 Å². The van der Waals surface area contributed by atoms with Crippen molar-refractivity contribution in [2.75, 3.05) is 195 Å². The molecule has 663 valence electrons. The number of nitrogens with one attached hydrogen (secondary N) is 2. The summed E-state index contributed by atoms with van der Waals surface area (Å²) in [5.41, 5.74) is 0.471. The minimum Gasteiger partial charge on any atom is -0.468 e. The minimum atomic E-state index is -0.426. The number of ether oxygens (including phenoxy) is 3. The molecule has 3 radical (unpaired) electrons. The number of carbonyl (C=O) groups is 6. The molecule has 0 aromatic rings. The summed E-state index contributed by atoms with van der Waals surface area (Å²) in [5.74, 6) is -0.467. The number of rotatable bonds is 35. The van der Waals surface area contributed by atoms with Gasteiger partial charge >= 0.3 is 11.9 Å². The van der Waals surface area contributed by atoms with Crippen LogP contribution in [-0.2, 0) is 241 Å². The molecular weight excluding hydrogens is 2910 g/mol. The first-order valence-electron chi connectivity index (χ1n) is 36.5. The number of likely N-dealkylation sites (N-methyl/N-ethyl adjacent to an activating group) is 7. The average Bonchev–Trinajstić information content (AvgIpc) is 0.846. The number of β-amino-alcohol motifs (C(OH)–C–C–N with tert-alkyl or cyclic N) is 1. The third-order valence-electron chi connectivity index (χ3n) is 15.9. The van der Waals surface area contributed by atoms with Gasteiger partial charge in [0.25, 0.3) is 22.2 Å². The fourth-order valence-corrected chi connectivity index (χ4v) is 9.75. The number of methoxy groups -OCH3 is 2. The van der Waals surface area contributed by atoms with Crippen molar-refractivity contribution in [2.24, 2.45) is 9.98 Å². The maximum absolute atomic E-state index is 11.5. The second-order valence-electron chi connectivity index (χ2n) is 24.4. The number of aliphatic imine (C=N–C) groups is 2. The number of esters is 2. The summed E-state index contributed by atoms with van der Waals surface area (Å²) in [6, 6.07) is 2.46. The van der Waals surface area contributed by atoms with E-state index in [9.17, 15) is 28.8 Å². The Morgan fingerprint density at radius 3 is 1.35 bits per heavy atom. The molecule has 120 heavy (non-hydrogen) atoms. The topological polar surface area (TPSA) is 311 Å². The Kier molecular flexibility index (Phi) is 103. The van der Waals surface area contributed by atoms with Gasteiger partial charge < -0.3 is 53.5 Å². The smallest absolute Gasteiger partial charge is 0.327 e. The molecule has 3 N–H and O–H groups in total. The predicted octanol–water partition coefficient (Wildman–Crippen LogP) is 2.64. The Morgan fingerprint density at radius 1 is 0.533 bits per heavy atom. The summed E-state index contributed by atoms with van der Waals surface area (Å²) in [6.45, 7) is 39.8. The van der Waals surface area contributed by atoms with E-state index < -0.39 is 6.10 Å². The van der Waals surface area contributed by atoms with Crippen LogP contribution in [0.25, 0.3) is 0 Å². The summed E-state index contributed by atoms with van der Waals surface area (Å²) in [4.78, 5) is 111. The fraction of sp³-hybridized carbons (Fsp3) is 0.500. The Hall–Kier alpha value is -2.55. The molecule has 9 unspecified atom stereocenters. The number of ketones is 1. The summed E-state index contributed by atoms with van der Waals surface area (Å²) in [7, 11) is 20.3. The number of dihydropyridines is 2. The Balaban J connectivity index is -0.000000165. The van der Waals surface area contributed by atoms with E-state index >= 15 is 0 Å². The normalized spacial score (nSPS) is 20.5. The third-order valence-corrected chi connectivity index (χ3v) is 15.9. The number of hydroxylamine groups is 12. The number of allylic oxidation sites excluding steroid dienone is 2. The molecule has 0 bridgehead atoms. The van der Waals surface area contributed by atoms with E-state index in [0.29, 0.717) is 103 Å². The molecule has 0 spiro atoms. The Labute approximate surface area is 831 Å². The predicted molar refractivity (Wildman–Crippen MR) is 446 cm³/mol. The van der Waals surface area contributed by atoms with Crippen molar-refractivity contribution in [3.8, 4) is 6.07 Å². The van der Waals surface area contributed by atoms with E-state index in [1.165, 1.54) is 35.1 Å². The van der Waals surface area contributed by atoms with E-state index in [1.54, 1.807) is 115 Å². The zero-order valence-electron chi connectivity index (χ0n) is 70.8. The van der Waals surface area contributed by atoms with Gasteiger partial charge in [-0.1, -0.05) is 122 Å². The number of nitrogens with zero attached hydrogens (tertiary/aromatic N) is 13. The van der Waals surface area contributed by atoms with Crippen molar-refractivity contribution in [1.29, 1.82) is 5.26 Å². The first-order valence-corrected chi connectivity index (χ1v) is 36.5. The van der Waals surface area contributed by atoms with Crippen molar-refractivity contribution in [1.82, 2.24) is 60.3 Å². The molecule has 9 atom stereocenters. The van der Waals surface area contributed by atoms with Gasteiger partial charge in [0.2, 0.25) is 0 Å². The van der Waals surface area contributed by atoms with Crippen molar-refractivity contribution >= 4 is 70.4 Å². The quantitative estimate of drug-likeness (QED) is 0.0205. The molecule has 8 heterocycles. The third kappa shape index (κ3) is 66.8. The molecule has 0 saturated carbocycles. The summed E-state index contributed by atoms with van der Waals surface area (Å²) < 4.78 is 14.2. The summed E-state index contributed by atoms with van der Waals surface area (Å²) in [5, 5.41) is 34.6. The number of nitriles is 1. The van der Waals surface area contributed by atoms with Crippen LogP contribution in [0.15, 0.2) is 196 Å². The first kappa shape index (κ1) is 135. The molecule has 0 aromatic heterocycles. The van der Waals surface area contributed by atoms with Crippen LogP contribution >= 0.6 is 0 Å². The summed E-state index contributed by atoms with van der Waals surface area (Å²) in [6.07, 6.45) is 46.0. The van der Waals surface area contributed by atoms with E-state index in [0.717, 1.165) is 58.2 Å². The van der Waals surface area contributed by atoms with Crippen LogP contribution in [0.3, 0.4) is 0 Å². The van der Waals surface area contributed by atoms with Crippen molar-refractivity contribution < 1.29 is 246 Å². The molecule has 0 fully saturated rings. The van der Waals surface area contributed by atoms with Crippen LogP contribution in [-0.4, -0.2) is 375 Å². The second kappa shape index (κ2) is 91.2. The number of aliphatic hydroxyl groups is 1. The van der Waals surface area contributed by atoms with E-state index in [1.807, 2.05) is 120 Å². The van der Waals surface area contributed by atoms with Gasteiger partial charge in [0.1, 0.15) is 23.9 Å². The number of aliphatic hydroxyl groups excluding tert-OH is 1. The van der Waals surface area contributed by atoms with Crippen LogP contribution in [0.2, 0.25) is 0 Å². The van der Waals surface area contributed by atoms with Gasteiger partial charge in [-0.25, -0.2) is 0 Å². The molecule has 42 heteroatoms. The number of hydrogen-bond acceptors (Lipinski definition) is 31. The molecular formula is C78H123B3N15O16W8. The average molecular weight is 3030 g/mol. The van der Waals surface area contributed by atoms with Crippen LogP contribution < -0.4 is 10.6 Å². The largest absolute Gasteiger partial charge is 0.468 e. The van der Waals surface area contributed by atoms with Crippen LogP contribution in [0.1, 0.15) is 6.92 Å². The molecule has 8 rings (SSSR count). The van der Waals surface area contributed by atoms with Crippen LogP contribution in [0, 0.1) is 11.3 Å². The molecule has 0 aliphatic carbocycles. The van der Waals surface area contributed by atoms with Crippen LogP contribution in [0.4, 0.5) is 0 Å². The number of hydrogen-bond donors (Lipinski definition) is 3. The van der Waals surface area contributed by atoms with Gasteiger partial charge in [-0.3, -0.25) is 63.6 Å². The maximum atomic E-state index is 11.5. The Morgan fingerprint density at radius 2 is 0.967 bits per heavy atom. The molecule has 0 aromatic carbocycles. The van der Waals surface area contributed by atoms with Gasteiger partial charge in [0, 0.05) is 283 Å². The molecule has 0 amide bonds. The molecule has 8 aliphatic rings. The van der Waals surface area contributed by atoms with Gasteiger partial charge in [0.05, 0.1) is 141 Å². The minimum absolute atomic E-state index is 0. The van der Waals surface area contributed by atoms with Crippen LogP contribution in [0.5, 0.6) is 0 Å². The Bertz CT molecular complexity index is 3110. The van der Waals surface area contributed by atoms with E-state index in [2.05, 4.69) is 95.7 Å².